The van der Waals surface area contributed by atoms with E-state index in [4.69, 9.17) is 20.3 Å². The molecule has 2 saturated carbocycles. The van der Waals surface area contributed by atoms with Gasteiger partial charge in [-0.05, 0) is 30.4 Å². The first-order valence-electron chi connectivity index (χ1n) is 12.2. The molecule has 36 heavy (non-hydrogen) atoms. The van der Waals surface area contributed by atoms with E-state index in [9.17, 15) is 29.4 Å². The summed E-state index contributed by atoms with van der Waals surface area (Å²) in [5.74, 6) is -5.35. The van der Waals surface area contributed by atoms with Crippen LogP contribution in [0.15, 0.2) is 23.3 Å². The largest absolute Gasteiger partial charge is 0.480 e. The van der Waals surface area contributed by atoms with E-state index >= 15 is 0 Å². The summed E-state index contributed by atoms with van der Waals surface area (Å²) in [4.78, 5) is 48.4. The van der Waals surface area contributed by atoms with Crippen LogP contribution in [0.3, 0.4) is 0 Å². The van der Waals surface area contributed by atoms with Gasteiger partial charge in [0.05, 0.1) is 12.0 Å². The van der Waals surface area contributed by atoms with Crippen LogP contribution in [0.25, 0.3) is 0 Å². The second kappa shape index (κ2) is 8.22. The molecule has 4 aliphatic rings. The lowest BCUT2D eigenvalue weighted by Gasteiger charge is -2.50. The zero-order valence-corrected chi connectivity index (χ0v) is 21.2. The molecule has 10 nitrogen and oxygen atoms in total. The third-order valence-electron chi connectivity index (χ3n) is 9.12. The molecule has 0 bridgehead atoms. The molecule has 0 radical (unpaired) electrons. The van der Waals surface area contributed by atoms with E-state index in [2.05, 4.69) is 0 Å². The molecule has 5 N–H and O–H groups in total. The summed E-state index contributed by atoms with van der Waals surface area (Å²) in [6.07, 6.45) is 3.06. The first-order chi connectivity index (χ1) is 16.5. The highest BCUT2D eigenvalue weighted by Crippen LogP contribution is 2.76. The van der Waals surface area contributed by atoms with Crippen molar-refractivity contribution in [2.24, 2.45) is 34.8 Å². The number of nitrogens with two attached hydrogens (primary N) is 1. The fourth-order valence-electron chi connectivity index (χ4n) is 7.34. The van der Waals surface area contributed by atoms with Gasteiger partial charge < -0.3 is 30.5 Å². The molecular formula is C26H35NO9. The minimum atomic E-state index is -1.93. The van der Waals surface area contributed by atoms with E-state index in [1.54, 1.807) is 19.1 Å². The van der Waals surface area contributed by atoms with Gasteiger partial charge in [0.25, 0.3) is 0 Å². The Kier molecular flexibility index (Phi) is 6.05. The minimum Gasteiger partial charge on any atom is -0.480 e. The number of esters is 2. The number of hydrogen-bond donors (Lipinski definition) is 4. The first kappa shape index (κ1) is 26.5. The van der Waals surface area contributed by atoms with Crippen LogP contribution in [-0.4, -0.2) is 68.5 Å². The highest BCUT2D eigenvalue weighted by Gasteiger charge is 2.83. The molecule has 0 saturated heterocycles. The van der Waals surface area contributed by atoms with Crippen LogP contribution in [0.1, 0.15) is 53.9 Å². The number of carboxylic acid groups (broad SMARTS) is 1. The maximum absolute atomic E-state index is 13.2. The van der Waals surface area contributed by atoms with Crippen molar-refractivity contribution >= 4 is 23.7 Å². The van der Waals surface area contributed by atoms with Crippen LogP contribution in [0, 0.1) is 29.1 Å². The average Bonchev–Trinajstić information content (AvgIpc) is 3.16. The van der Waals surface area contributed by atoms with Crippen molar-refractivity contribution in [3.8, 4) is 0 Å². The Morgan fingerprint density at radius 1 is 1.22 bits per heavy atom. The van der Waals surface area contributed by atoms with E-state index < -0.39 is 76.1 Å². The van der Waals surface area contributed by atoms with E-state index in [0.29, 0.717) is 17.6 Å². The number of Topliss-reactive ketones (excluding diaryl/α,β-unsaturated/α-hetero) is 1. The molecule has 2 fully saturated rings. The lowest BCUT2D eigenvalue weighted by atomic mass is 9.60. The van der Waals surface area contributed by atoms with E-state index in [1.807, 2.05) is 20.8 Å². The third-order valence-corrected chi connectivity index (χ3v) is 9.12. The number of carboxylic acids is 1. The lowest BCUT2D eigenvalue weighted by Crippen LogP contribution is -2.61. The summed E-state index contributed by atoms with van der Waals surface area (Å²) in [6, 6.07) is -1.42. The van der Waals surface area contributed by atoms with Gasteiger partial charge in [0, 0.05) is 36.5 Å². The van der Waals surface area contributed by atoms with Crippen LogP contribution in [-0.2, 0) is 28.7 Å². The van der Waals surface area contributed by atoms with Crippen LogP contribution < -0.4 is 5.73 Å². The molecule has 4 aliphatic carbocycles. The van der Waals surface area contributed by atoms with Gasteiger partial charge in [0.15, 0.2) is 5.78 Å². The Bertz CT molecular complexity index is 1090. The molecule has 4 rings (SSSR count). The van der Waals surface area contributed by atoms with Crippen molar-refractivity contribution < 1.29 is 44.0 Å². The summed E-state index contributed by atoms with van der Waals surface area (Å²) >= 11 is 0. The van der Waals surface area contributed by atoms with Crippen LogP contribution in [0.4, 0.5) is 0 Å². The SMILES string of the molecule is CC(=O)O[C@@]12C[C@@H](C)[C@@]3(O)[C@@H](C=C(COC(=O)CC(N)C(=O)O)C[C@]4(O)C(=O)C(C)=C[C@@H]34)[C@H]1C2(C)C. The fraction of sp³-hybridized carbons (Fsp3) is 0.692. The van der Waals surface area contributed by atoms with Crippen molar-refractivity contribution in [3.05, 3.63) is 23.3 Å². The first-order valence-corrected chi connectivity index (χ1v) is 12.2. The number of rotatable bonds is 6. The normalized spacial score (nSPS) is 40.9. The number of hydrogen-bond acceptors (Lipinski definition) is 9. The van der Waals surface area contributed by atoms with Crippen molar-refractivity contribution in [3.63, 3.8) is 0 Å². The Balaban J connectivity index is 1.74. The topological polar surface area (TPSA) is 173 Å². The van der Waals surface area contributed by atoms with Gasteiger partial charge >= 0.3 is 17.9 Å². The Morgan fingerprint density at radius 2 is 1.86 bits per heavy atom. The van der Waals surface area contributed by atoms with Gasteiger partial charge in [-0.1, -0.05) is 32.9 Å². The molecule has 0 aliphatic heterocycles. The summed E-state index contributed by atoms with van der Waals surface area (Å²) in [5, 5.41) is 33.0. The van der Waals surface area contributed by atoms with Crippen molar-refractivity contribution in [2.75, 3.05) is 6.61 Å². The van der Waals surface area contributed by atoms with E-state index in [-0.39, 0.29) is 18.9 Å². The van der Waals surface area contributed by atoms with E-state index in [0.717, 1.165) is 0 Å². The second-order valence-corrected chi connectivity index (χ2v) is 11.6. The summed E-state index contributed by atoms with van der Waals surface area (Å²) in [7, 11) is 0. The highest BCUT2D eigenvalue weighted by atomic mass is 16.6. The summed E-state index contributed by atoms with van der Waals surface area (Å²) < 4.78 is 11.2. The smallest absolute Gasteiger partial charge is 0.321 e. The number of carbonyl (C=O) groups excluding carboxylic acids is 3. The van der Waals surface area contributed by atoms with Gasteiger partial charge in [0.1, 0.15) is 23.9 Å². The molecule has 0 aromatic heterocycles. The molecular weight excluding hydrogens is 470 g/mol. The van der Waals surface area contributed by atoms with Crippen LogP contribution in [0.5, 0.6) is 0 Å². The summed E-state index contributed by atoms with van der Waals surface area (Å²) in [6.45, 7) is 8.42. The predicted molar refractivity (Wildman–Crippen MR) is 125 cm³/mol. The molecule has 0 spiro atoms. The zero-order valence-electron chi connectivity index (χ0n) is 21.2. The summed E-state index contributed by atoms with van der Waals surface area (Å²) in [5.41, 5.74) is 1.43. The Morgan fingerprint density at radius 3 is 2.44 bits per heavy atom. The standard InChI is InChI=1S/C26H35NO9/c1-12-6-18-24(33,21(12)30)10-15(11-35-19(29)8-17(27)22(31)32)7-16-20-23(4,5)25(20,36-14(3)28)9-13(2)26(16,18)34/h6-7,13,16-18,20,33-34H,8-11,27H2,1-5H3,(H,31,32)/t13-,16+,17?,18-,20+,24-,25+,26-/m1/s1. The molecule has 0 aromatic rings. The second-order valence-electron chi connectivity index (χ2n) is 11.6. The van der Waals surface area contributed by atoms with Gasteiger partial charge in [-0.25, -0.2) is 0 Å². The molecule has 1 unspecified atom stereocenters. The maximum atomic E-state index is 13.2. The number of carbonyl (C=O) groups is 4. The van der Waals surface area contributed by atoms with Gasteiger partial charge in [-0.15, -0.1) is 0 Å². The van der Waals surface area contributed by atoms with Gasteiger partial charge in [0.2, 0.25) is 0 Å². The lowest BCUT2D eigenvalue weighted by molar-refractivity contribution is -0.186. The quantitative estimate of drug-likeness (QED) is 0.300. The van der Waals surface area contributed by atoms with Crippen molar-refractivity contribution in [1.82, 2.24) is 0 Å². The molecule has 198 valence electrons. The molecule has 0 heterocycles. The number of fused-ring (bicyclic) bond motifs is 5. The van der Waals surface area contributed by atoms with Crippen molar-refractivity contribution in [1.29, 1.82) is 0 Å². The van der Waals surface area contributed by atoms with Gasteiger partial charge in [-0.2, -0.15) is 0 Å². The number of ketones is 1. The van der Waals surface area contributed by atoms with Crippen LogP contribution in [0.2, 0.25) is 0 Å². The fourth-order valence-corrected chi connectivity index (χ4v) is 7.34. The van der Waals surface area contributed by atoms with Crippen LogP contribution >= 0.6 is 0 Å². The molecule has 8 atom stereocenters. The van der Waals surface area contributed by atoms with Gasteiger partial charge in [-0.3, -0.25) is 19.2 Å². The molecule has 0 aromatic carbocycles. The predicted octanol–water partition coefficient (Wildman–Crippen LogP) is 0.883. The zero-order chi connectivity index (χ0) is 27.0. The average molecular weight is 506 g/mol. The highest BCUT2D eigenvalue weighted by molar-refractivity contribution is 6.04. The number of aliphatic carboxylic acids is 1. The third kappa shape index (κ3) is 3.56. The number of ether oxygens (including phenoxy) is 2. The molecule has 10 heteroatoms. The Labute approximate surface area is 209 Å². The van der Waals surface area contributed by atoms with E-state index in [1.165, 1.54) is 6.92 Å². The Hall–Kier alpha value is -2.56. The number of aliphatic hydroxyl groups is 2. The maximum Gasteiger partial charge on any atom is 0.321 e. The minimum absolute atomic E-state index is 0.165. The molecule has 0 amide bonds. The monoisotopic (exact) mass is 505 g/mol. The van der Waals surface area contributed by atoms with Crippen molar-refractivity contribution in [2.45, 2.75) is 76.7 Å².